The molecule has 7 heteroatoms. The molecule has 7 nitrogen and oxygen atoms in total. The Morgan fingerprint density at radius 3 is 2.88 bits per heavy atom. The van der Waals surface area contributed by atoms with E-state index >= 15 is 0 Å². The van der Waals surface area contributed by atoms with Gasteiger partial charge in [-0.05, 0) is 44.4 Å². The summed E-state index contributed by atoms with van der Waals surface area (Å²) in [7, 11) is 0. The van der Waals surface area contributed by atoms with Crippen molar-refractivity contribution in [3.05, 3.63) is 53.9 Å². The van der Waals surface area contributed by atoms with Crippen LogP contribution in [0.3, 0.4) is 0 Å². The number of nitrogens with zero attached hydrogens (tertiary/aromatic N) is 3. The zero-order valence-electron chi connectivity index (χ0n) is 14.7. The molecule has 0 aliphatic carbocycles. The molecule has 26 heavy (non-hydrogen) atoms. The maximum Gasteiger partial charge on any atom is 0.251 e. The summed E-state index contributed by atoms with van der Waals surface area (Å²) in [6.07, 6.45) is 8.26. The zero-order chi connectivity index (χ0) is 18.0. The summed E-state index contributed by atoms with van der Waals surface area (Å²) in [5, 5.41) is 2.90. The second-order valence-electron chi connectivity index (χ2n) is 6.77. The van der Waals surface area contributed by atoms with Crippen molar-refractivity contribution in [3.8, 4) is 0 Å². The summed E-state index contributed by atoms with van der Waals surface area (Å²) in [4.78, 5) is 28.4. The predicted octanol–water partition coefficient (Wildman–Crippen LogP) is 2.70. The summed E-state index contributed by atoms with van der Waals surface area (Å²) in [5.41, 5.74) is 2.71. The maximum absolute atomic E-state index is 12.3. The molecule has 1 aliphatic rings. The molecule has 3 aromatic rings. The monoisotopic (exact) mass is 351 g/mol. The molecule has 0 spiro atoms. The van der Waals surface area contributed by atoms with E-state index < -0.39 is 5.60 Å². The lowest BCUT2D eigenvalue weighted by Crippen LogP contribution is -2.32. The van der Waals surface area contributed by atoms with E-state index in [-0.39, 0.29) is 5.91 Å². The average molecular weight is 351 g/mol. The number of hydrogen-bond donors (Lipinski definition) is 2. The number of imidazole rings is 1. The fraction of sp³-hybridized carbons (Fsp3) is 0.368. The van der Waals surface area contributed by atoms with Gasteiger partial charge in [0.05, 0.1) is 17.4 Å². The molecule has 134 valence electrons. The SMILES string of the molecule is C[C@]1(c2ncc(CNC(=O)c3ccc4nc[nH]c4c3)cn2)CCCCO1. The smallest absolute Gasteiger partial charge is 0.251 e. The Morgan fingerprint density at radius 1 is 1.27 bits per heavy atom. The fourth-order valence-electron chi connectivity index (χ4n) is 3.19. The lowest BCUT2D eigenvalue weighted by atomic mass is 9.95. The Bertz CT molecular complexity index is 913. The minimum absolute atomic E-state index is 0.145. The number of carbonyl (C=O) groups is 1. The number of aromatic amines is 1. The van der Waals surface area contributed by atoms with Crippen LogP contribution in [0.25, 0.3) is 11.0 Å². The molecular weight excluding hydrogens is 330 g/mol. The van der Waals surface area contributed by atoms with Crippen LogP contribution in [0.1, 0.15) is 47.9 Å². The number of H-pyrrole nitrogens is 1. The second-order valence-corrected chi connectivity index (χ2v) is 6.77. The van der Waals surface area contributed by atoms with Crippen molar-refractivity contribution in [2.24, 2.45) is 0 Å². The van der Waals surface area contributed by atoms with Gasteiger partial charge in [-0.3, -0.25) is 4.79 Å². The first-order chi connectivity index (χ1) is 12.6. The first kappa shape index (κ1) is 16.7. The molecular formula is C19H21N5O2. The van der Waals surface area contributed by atoms with E-state index in [0.29, 0.717) is 17.9 Å². The quantitative estimate of drug-likeness (QED) is 0.754. The number of aromatic nitrogens is 4. The third-order valence-corrected chi connectivity index (χ3v) is 4.78. The largest absolute Gasteiger partial charge is 0.367 e. The topological polar surface area (TPSA) is 92.8 Å². The Kier molecular flexibility index (Phi) is 4.38. The molecule has 1 aliphatic heterocycles. The van der Waals surface area contributed by atoms with Crippen LogP contribution >= 0.6 is 0 Å². The van der Waals surface area contributed by atoms with Gasteiger partial charge in [0.2, 0.25) is 0 Å². The van der Waals surface area contributed by atoms with Gasteiger partial charge in [-0.2, -0.15) is 0 Å². The summed E-state index contributed by atoms with van der Waals surface area (Å²) in [5.74, 6) is 0.560. The van der Waals surface area contributed by atoms with E-state index in [9.17, 15) is 4.79 Å². The summed E-state index contributed by atoms with van der Waals surface area (Å²) in [6, 6.07) is 5.38. The third kappa shape index (κ3) is 3.30. The lowest BCUT2D eigenvalue weighted by molar-refractivity contribution is -0.0760. The number of amides is 1. The third-order valence-electron chi connectivity index (χ3n) is 4.78. The number of carbonyl (C=O) groups excluding carboxylic acids is 1. The highest BCUT2D eigenvalue weighted by Crippen LogP contribution is 2.32. The van der Waals surface area contributed by atoms with Gasteiger partial charge in [0.1, 0.15) is 5.60 Å². The van der Waals surface area contributed by atoms with Crippen LogP contribution in [0.2, 0.25) is 0 Å². The van der Waals surface area contributed by atoms with Gasteiger partial charge in [-0.15, -0.1) is 0 Å². The minimum atomic E-state index is -0.403. The van der Waals surface area contributed by atoms with Gasteiger partial charge in [-0.1, -0.05) is 0 Å². The fourth-order valence-corrected chi connectivity index (χ4v) is 3.19. The zero-order valence-corrected chi connectivity index (χ0v) is 14.7. The van der Waals surface area contributed by atoms with Crippen LogP contribution < -0.4 is 5.32 Å². The number of nitrogens with one attached hydrogen (secondary N) is 2. The predicted molar refractivity (Wildman–Crippen MR) is 96.5 cm³/mol. The van der Waals surface area contributed by atoms with Crippen LogP contribution in [-0.4, -0.2) is 32.4 Å². The Hall–Kier alpha value is -2.80. The molecule has 0 radical (unpaired) electrons. The lowest BCUT2D eigenvalue weighted by Gasteiger charge is -2.32. The van der Waals surface area contributed by atoms with E-state index in [1.54, 1.807) is 30.9 Å². The van der Waals surface area contributed by atoms with Crippen LogP contribution in [-0.2, 0) is 16.9 Å². The van der Waals surface area contributed by atoms with E-state index in [1.165, 1.54) is 0 Å². The van der Waals surface area contributed by atoms with Gasteiger partial charge in [0, 0.05) is 36.7 Å². The van der Waals surface area contributed by atoms with Crippen molar-refractivity contribution in [2.45, 2.75) is 38.3 Å². The van der Waals surface area contributed by atoms with Crippen molar-refractivity contribution < 1.29 is 9.53 Å². The number of benzene rings is 1. The highest BCUT2D eigenvalue weighted by Gasteiger charge is 2.32. The molecule has 1 saturated heterocycles. The number of hydrogen-bond acceptors (Lipinski definition) is 5. The number of fused-ring (bicyclic) bond motifs is 1. The van der Waals surface area contributed by atoms with E-state index in [0.717, 1.165) is 42.5 Å². The summed E-state index contributed by atoms with van der Waals surface area (Å²) >= 11 is 0. The van der Waals surface area contributed by atoms with E-state index in [1.807, 2.05) is 13.0 Å². The molecule has 0 bridgehead atoms. The standard InChI is InChI=1S/C19H21N5O2/c1-19(6-2-3-7-26-19)18-21-10-13(11-22-18)9-20-17(25)14-4-5-15-16(8-14)24-12-23-15/h4-5,8,10-12H,2-3,6-7,9H2,1H3,(H,20,25)(H,23,24)/t19-/m1/s1. The Labute approximate surface area is 151 Å². The van der Waals surface area contributed by atoms with Crippen molar-refractivity contribution in [2.75, 3.05) is 6.61 Å². The second kappa shape index (κ2) is 6.84. The number of rotatable bonds is 4. The molecule has 2 aromatic heterocycles. The van der Waals surface area contributed by atoms with Crippen molar-refractivity contribution in [1.29, 1.82) is 0 Å². The van der Waals surface area contributed by atoms with E-state index in [4.69, 9.17) is 4.74 Å². The summed E-state index contributed by atoms with van der Waals surface area (Å²) < 4.78 is 5.87. The molecule has 2 N–H and O–H groups in total. The molecule has 0 unspecified atom stereocenters. The molecule has 1 aromatic carbocycles. The van der Waals surface area contributed by atoms with Crippen LogP contribution in [0.5, 0.6) is 0 Å². The first-order valence-electron chi connectivity index (χ1n) is 8.81. The maximum atomic E-state index is 12.3. The molecule has 3 heterocycles. The van der Waals surface area contributed by atoms with Gasteiger partial charge in [0.25, 0.3) is 5.91 Å². The average Bonchev–Trinajstić information content (AvgIpc) is 3.15. The number of ether oxygens (including phenoxy) is 1. The highest BCUT2D eigenvalue weighted by atomic mass is 16.5. The van der Waals surface area contributed by atoms with Gasteiger partial charge < -0.3 is 15.0 Å². The molecule has 4 rings (SSSR count). The summed E-state index contributed by atoms with van der Waals surface area (Å²) in [6.45, 7) is 3.16. The normalized spacial score (nSPS) is 20.2. The van der Waals surface area contributed by atoms with Crippen LogP contribution in [0.15, 0.2) is 36.9 Å². The first-order valence-corrected chi connectivity index (χ1v) is 8.81. The minimum Gasteiger partial charge on any atom is -0.367 e. The van der Waals surface area contributed by atoms with Crippen LogP contribution in [0.4, 0.5) is 0 Å². The Balaban J connectivity index is 1.40. The Morgan fingerprint density at radius 2 is 2.12 bits per heavy atom. The molecule has 1 amide bonds. The molecule has 1 fully saturated rings. The van der Waals surface area contributed by atoms with Gasteiger partial charge in [0.15, 0.2) is 5.82 Å². The van der Waals surface area contributed by atoms with E-state index in [2.05, 4.69) is 25.3 Å². The van der Waals surface area contributed by atoms with Crippen molar-refractivity contribution >= 4 is 16.9 Å². The molecule has 1 atom stereocenters. The van der Waals surface area contributed by atoms with Crippen molar-refractivity contribution in [1.82, 2.24) is 25.3 Å². The van der Waals surface area contributed by atoms with Gasteiger partial charge >= 0.3 is 0 Å². The van der Waals surface area contributed by atoms with Gasteiger partial charge in [-0.25, -0.2) is 15.0 Å². The van der Waals surface area contributed by atoms with Crippen LogP contribution in [0, 0.1) is 0 Å². The molecule has 0 saturated carbocycles. The van der Waals surface area contributed by atoms with Crippen molar-refractivity contribution in [3.63, 3.8) is 0 Å². The highest BCUT2D eigenvalue weighted by molar-refractivity contribution is 5.97.